The number of aromatic nitrogens is 2. The zero-order valence-corrected chi connectivity index (χ0v) is 14.1. The maximum absolute atomic E-state index is 11.2. The molecule has 0 atom stereocenters. The lowest BCUT2D eigenvalue weighted by molar-refractivity contribution is -0.143. The molecule has 0 spiro atoms. The SMILES string of the molecule is CCOC(=O)CCCNc1cc(Br)nc(C(C)(C)C)n1. The number of halogens is 1. The molecule has 1 N–H and O–H groups in total. The van der Waals surface area contributed by atoms with Crippen molar-refractivity contribution in [3.63, 3.8) is 0 Å². The largest absolute Gasteiger partial charge is 0.466 e. The topological polar surface area (TPSA) is 64.1 Å². The Labute approximate surface area is 128 Å². The van der Waals surface area contributed by atoms with E-state index < -0.39 is 0 Å². The Kier molecular flexibility index (Phi) is 6.39. The Morgan fingerprint density at radius 1 is 1.40 bits per heavy atom. The number of rotatable bonds is 6. The highest BCUT2D eigenvalue weighted by Gasteiger charge is 2.18. The number of esters is 1. The second-order valence-corrected chi connectivity index (χ2v) is 6.30. The molecule has 6 heteroatoms. The van der Waals surface area contributed by atoms with Gasteiger partial charge in [0.15, 0.2) is 0 Å². The smallest absolute Gasteiger partial charge is 0.305 e. The fourth-order valence-corrected chi connectivity index (χ4v) is 1.91. The standard InChI is InChI=1S/C14H22BrN3O2/c1-5-20-12(19)7-6-8-16-11-9-10(15)17-13(18-11)14(2,3)4/h9H,5-8H2,1-4H3,(H,16,17,18). The van der Waals surface area contributed by atoms with E-state index in [-0.39, 0.29) is 11.4 Å². The minimum absolute atomic E-state index is 0.106. The molecular formula is C14H22BrN3O2. The van der Waals surface area contributed by atoms with Crippen molar-refractivity contribution in [2.24, 2.45) is 0 Å². The van der Waals surface area contributed by atoms with Gasteiger partial charge in [0.2, 0.25) is 0 Å². The van der Waals surface area contributed by atoms with Gasteiger partial charge >= 0.3 is 5.97 Å². The summed E-state index contributed by atoms with van der Waals surface area (Å²) in [7, 11) is 0. The van der Waals surface area contributed by atoms with Crippen LogP contribution in [0.2, 0.25) is 0 Å². The van der Waals surface area contributed by atoms with Gasteiger partial charge in [0.05, 0.1) is 6.61 Å². The first kappa shape index (κ1) is 16.9. The number of nitrogens with one attached hydrogen (secondary N) is 1. The van der Waals surface area contributed by atoms with Gasteiger partial charge in [0.25, 0.3) is 0 Å². The van der Waals surface area contributed by atoms with Gasteiger partial charge < -0.3 is 10.1 Å². The lowest BCUT2D eigenvalue weighted by Gasteiger charge is -2.17. The predicted octanol–water partition coefficient (Wildman–Crippen LogP) is 3.29. The first-order chi connectivity index (χ1) is 9.32. The lowest BCUT2D eigenvalue weighted by atomic mass is 9.96. The van der Waals surface area contributed by atoms with Crippen LogP contribution in [0.1, 0.15) is 46.4 Å². The van der Waals surface area contributed by atoms with E-state index in [0.717, 1.165) is 16.2 Å². The molecule has 112 valence electrons. The number of hydrogen-bond acceptors (Lipinski definition) is 5. The third-order valence-electron chi connectivity index (χ3n) is 2.53. The molecule has 1 heterocycles. The molecule has 0 aliphatic carbocycles. The summed E-state index contributed by atoms with van der Waals surface area (Å²) < 4.78 is 5.63. The molecule has 0 saturated heterocycles. The average molecular weight is 344 g/mol. The summed E-state index contributed by atoms with van der Waals surface area (Å²) in [5, 5.41) is 3.21. The first-order valence-corrected chi connectivity index (χ1v) is 7.56. The van der Waals surface area contributed by atoms with Crippen LogP contribution in [0.4, 0.5) is 5.82 Å². The van der Waals surface area contributed by atoms with Gasteiger partial charge in [-0.2, -0.15) is 0 Å². The maximum Gasteiger partial charge on any atom is 0.305 e. The molecule has 1 rings (SSSR count). The molecule has 0 aliphatic rings. The molecule has 0 amide bonds. The Hall–Kier alpha value is -1.17. The van der Waals surface area contributed by atoms with E-state index in [0.29, 0.717) is 26.0 Å². The molecule has 1 aromatic heterocycles. The summed E-state index contributed by atoms with van der Waals surface area (Å²) >= 11 is 3.39. The molecule has 20 heavy (non-hydrogen) atoms. The van der Waals surface area contributed by atoms with Crippen molar-refractivity contribution < 1.29 is 9.53 Å². The molecule has 0 radical (unpaired) electrons. The van der Waals surface area contributed by atoms with Gasteiger partial charge in [-0.05, 0) is 29.3 Å². The molecule has 0 bridgehead atoms. The van der Waals surface area contributed by atoms with Gasteiger partial charge in [-0.1, -0.05) is 20.8 Å². The zero-order chi connectivity index (χ0) is 15.2. The van der Waals surface area contributed by atoms with Crippen LogP contribution < -0.4 is 5.32 Å². The number of carbonyl (C=O) groups excluding carboxylic acids is 1. The van der Waals surface area contributed by atoms with Crippen molar-refractivity contribution in [2.75, 3.05) is 18.5 Å². The van der Waals surface area contributed by atoms with Crippen molar-refractivity contribution in [1.29, 1.82) is 0 Å². The van der Waals surface area contributed by atoms with Crippen LogP contribution in [0.5, 0.6) is 0 Å². The molecular weight excluding hydrogens is 322 g/mol. The highest BCUT2D eigenvalue weighted by Crippen LogP contribution is 2.22. The summed E-state index contributed by atoms with van der Waals surface area (Å²) in [6, 6.07) is 1.83. The van der Waals surface area contributed by atoms with Gasteiger partial charge in [-0.15, -0.1) is 0 Å². The van der Waals surface area contributed by atoms with Crippen molar-refractivity contribution >= 4 is 27.7 Å². The van der Waals surface area contributed by atoms with E-state index in [1.54, 1.807) is 0 Å². The van der Waals surface area contributed by atoms with Crippen LogP contribution in [0, 0.1) is 0 Å². The molecule has 0 aliphatic heterocycles. The van der Waals surface area contributed by atoms with E-state index in [2.05, 4.69) is 52.0 Å². The van der Waals surface area contributed by atoms with E-state index in [1.807, 2.05) is 13.0 Å². The third-order valence-corrected chi connectivity index (χ3v) is 2.94. The Morgan fingerprint density at radius 2 is 2.10 bits per heavy atom. The quantitative estimate of drug-likeness (QED) is 0.487. The Morgan fingerprint density at radius 3 is 2.70 bits per heavy atom. The van der Waals surface area contributed by atoms with Crippen molar-refractivity contribution in [3.05, 3.63) is 16.5 Å². The van der Waals surface area contributed by atoms with Gasteiger partial charge in [-0.25, -0.2) is 9.97 Å². The fourth-order valence-electron chi connectivity index (χ4n) is 1.53. The van der Waals surface area contributed by atoms with Crippen LogP contribution in [0.15, 0.2) is 10.7 Å². The van der Waals surface area contributed by atoms with E-state index in [4.69, 9.17) is 4.74 Å². The third kappa shape index (κ3) is 5.86. The predicted molar refractivity (Wildman–Crippen MR) is 82.8 cm³/mol. The van der Waals surface area contributed by atoms with Crippen LogP contribution in [-0.4, -0.2) is 29.1 Å². The van der Waals surface area contributed by atoms with Crippen molar-refractivity contribution in [3.8, 4) is 0 Å². The monoisotopic (exact) mass is 343 g/mol. The van der Waals surface area contributed by atoms with Crippen molar-refractivity contribution in [1.82, 2.24) is 9.97 Å². The minimum Gasteiger partial charge on any atom is -0.466 e. The first-order valence-electron chi connectivity index (χ1n) is 6.77. The zero-order valence-electron chi connectivity index (χ0n) is 12.5. The summed E-state index contributed by atoms with van der Waals surface area (Å²) in [4.78, 5) is 20.1. The summed E-state index contributed by atoms with van der Waals surface area (Å²) in [6.07, 6.45) is 1.13. The summed E-state index contributed by atoms with van der Waals surface area (Å²) in [5.41, 5.74) is -0.106. The minimum atomic E-state index is -0.159. The van der Waals surface area contributed by atoms with Crippen LogP contribution in [0.3, 0.4) is 0 Å². The summed E-state index contributed by atoms with van der Waals surface area (Å²) in [6.45, 7) is 9.12. The maximum atomic E-state index is 11.2. The van der Waals surface area contributed by atoms with Crippen LogP contribution in [-0.2, 0) is 14.9 Å². The molecule has 0 fully saturated rings. The summed E-state index contributed by atoms with van der Waals surface area (Å²) in [5.74, 6) is 1.38. The van der Waals surface area contributed by atoms with Crippen LogP contribution >= 0.6 is 15.9 Å². The number of ether oxygens (including phenoxy) is 1. The van der Waals surface area contributed by atoms with Crippen LogP contribution in [0.25, 0.3) is 0 Å². The average Bonchev–Trinajstić information content (AvgIpc) is 2.33. The van der Waals surface area contributed by atoms with Crippen molar-refractivity contribution in [2.45, 2.75) is 46.0 Å². The van der Waals surface area contributed by atoms with E-state index in [9.17, 15) is 4.79 Å². The highest BCUT2D eigenvalue weighted by atomic mass is 79.9. The molecule has 5 nitrogen and oxygen atoms in total. The van der Waals surface area contributed by atoms with E-state index in [1.165, 1.54) is 0 Å². The number of nitrogens with zero attached hydrogens (tertiary/aromatic N) is 2. The highest BCUT2D eigenvalue weighted by molar-refractivity contribution is 9.10. The fraction of sp³-hybridized carbons (Fsp3) is 0.643. The molecule has 0 saturated carbocycles. The normalized spacial score (nSPS) is 11.2. The number of hydrogen-bond donors (Lipinski definition) is 1. The second-order valence-electron chi connectivity index (χ2n) is 5.48. The van der Waals surface area contributed by atoms with Gasteiger partial charge in [0, 0.05) is 24.4 Å². The lowest BCUT2D eigenvalue weighted by Crippen LogP contribution is -2.17. The number of carbonyl (C=O) groups is 1. The van der Waals surface area contributed by atoms with Gasteiger partial charge in [-0.3, -0.25) is 4.79 Å². The second kappa shape index (κ2) is 7.57. The van der Waals surface area contributed by atoms with E-state index >= 15 is 0 Å². The Balaban J connectivity index is 2.52. The molecule has 1 aromatic rings. The van der Waals surface area contributed by atoms with Gasteiger partial charge in [0.1, 0.15) is 16.2 Å². The molecule has 0 aromatic carbocycles. The molecule has 0 unspecified atom stereocenters. The Bertz CT molecular complexity index is 458. The number of anilines is 1.